The van der Waals surface area contributed by atoms with Crippen molar-refractivity contribution < 1.29 is 0 Å². The molecule has 100 valence electrons. The topological polar surface area (TPSA) is 32.5 Å². The van der Waals surface area contributed by atoms with Gasteiger partial charge in [0.2, 0.25) is 0 Å². The molecule has 1 heterocycles. The molecule has 1 fully saturated rings. The summed E-state index contributed by atoms with van der Waals surface area (Å²) in [4.78, 5) is 5.08. The van der Waals surface area contributed by atoms with Crippen molar-refractivity contribution in [1.29, 1.82) is 0 Å². The molecule has 1 aromatic rings. The molecule has 1 aromatic carbocycles. The summed E-state index contributed by atoms with van der Waals surface area (Å²) in [6, 6.07) is 8.23. The quantitative estimate of drug-likeness (QED) is 0.813. The summed E-state index contributed by atoms with van der Waals surface area (Å²) in [5.74, 6) is 0. The maximum atomic E-state index is 5.71. The second kappa shape index (κ2) is 5.29. The van der Waals surface area contributed by atoms with Crippen LogP contribution in [0.1, 0.15) is 26.3 Å². The molecule has 0 saturated carbocycles. The van der Waals surface area contributed by atoms with Gasteiger partial charge in [-0.3, -0.25) is 9.80 Å². The van der Waals surface area contributed by atoms with Gasteiger partial charge in [0.15, 0.2) is 0 Å². The highest BCUT2D eigenvalue weighted by Crippen LogP contribution is 2.17. The second-order valence-corrected chi connectivity index (χ2v) is 6.18. The molecular weight excluding hydrogens is 222 g/mol. The Hall–Kier alpha value is -1.06. The molecule has 0 spiro atoms. The van der Waals surface area contributed by atoms with Crippen molar-refractivity contribution in [3.05, 3.63) is 29.8 Å². The average molecular weight is 247 g/mol. The van der Waals surface area contributed by atoms with Gasteiger partial charge in [-0.25, -0.2) is 0 Å². The van der Waals surface area contributed by atoms with Gasteiger partial charge in [-0.2, -0.15) is 0 Å². The highest BCUT2D eigenvalue weighted by Gasteiger charge is 2.25. The lowest BCUT2D eigenvalue weighted by molar-refractivity contribution is 0.0591. The molecule has 3 heteroatoms. The van der Waals surface area contributed by atoms with Crippen LogP contribution in [-0.4, -0.2) is 41.5 Å². The number of hydrogen-bond donors (Lipinski definition) is 1. The Morgan fingerprint density at radius 2 is 1.56 bits per heavy atom. The fourth-order valence-corrected chi connectivity index (χ4v) is 2.46. The first-order valence-corrected chi connectivity index (χ1v) is 6.77. The van der Waals surface area contributed by atoms with Crippen molar-refractivity contribution >= 4 is 5.69 Å². The van der Waals surface area contributed by atoms with Crippen LogP contribution in [0.5, 0.6) is 0 Å². The standard InChI is InChI=1S/C15H25N3/c1-15(2,3)18-10-8-17(9-11-18)12-13-4-6-14(16)7-5-13/h4-7H,8-12,16H2,1-3H3. The van der Waals surface area contributed by atoms with Crippen molar-refractivity contribution in [2.24, 2.45) is 0 Å². The fraction of sp³-hybridized carbons (Fsp3) is 0.600. The summed E-state index contributed by atoms with van der Waals surface area (Å²) in [7, 11) is 0. The van der Waals surface area contributed by atoms with E-state index in [2.05, 4.69) is 42.7 Å². The molecule has 0 amide bonds. The molecule has 2 N–H and O–H groups in total. The monoisotopic (exact) mass is 247 g/mol. The van der Waals surface area contributed by atoms with E-state index in [4.69, 9.17) is 5.73 Å². The largest absolute Gasteiger partial charge is 0.399 e. The highest BCUT2D eigenvalue weighted by atomic mass is 15.3. The number of nitrogens with two attached hydrogens (primary N) is 1. The zero-order valence-corrected chi connectivity index (χ0v) is 11.8. The maximum Gasteiger partial charge on any atom is 0.0314 e. The van der Waals surface area contributed by atoms with Gasteiger partial charge in [-0.05, 0) is 38.5 Å². The average Bonchev–Trinajstić information content (AvgIpc) is 2.32. The molecule has 0 aromatic heterocycles. The molecule has 1 saturated heterocycles. The van der Waals surface area contributed by atoms with E-state index < -0.39 is 0 Å². The van der Waals surface area contributed by atoms with Crippen LogP contribution in [0.25, 0.3) is 0 Å². The molecule has 3 nitrogen and oxygen atoms in total. The lowest BCUT2D eigenvalue weighted by atomic mass is 10.0. The van der Waals surface area contributed by atoms with Crippen LogP contribution in [0.4, 0.5) is 5.69 Å². The lowest BCUT2D eigenvalue weighted by Crippen LogP contribution is -2.53. The Balaban J connectivity index is 1.85. The molecule has 0 radical (unpaired) electrons. The van der Waals surface area contributed by atoms with Crippen LogP contribution < -0.4 is 5.73 Å². The fourth-order valence-electron chi connectivity index (χ4n) is 2.46. The van der Waals surface area contributed by atoms with Gasteiger partial charge in [0.05, 0.1) is 0 Å². The minimum atomic E-state index is 0.299. The van der Waals surface area contributed by atoms with E-state index in [9.17, 15) is 0 Å². The second-order valence-electron chi connectivity index (χ2n) is 6.18. The molecule has 1 aliphatic rings. The number of nitrogen functional groups attached to an aromatic ring is 1. The summed E-state index contributed by atoms with van der Waals surface area (Å²) >= 11 is 0. The zero-order chi connectivity index (χ0) is 13.2. The van der Waals surface area contributed by atoms with E-state index in [1.165, 1.54) is 18.7 Å². The molecule has 18 heavy (non-hydrogen) atoms. The van der Waals surface area contributed by atoms with Crippen LogP contribution in [0.3, 0.4) is 0 Å². The molecule has 0 bridgehead atoms. The van der Waals surface area contributed by atoms with Crippen molar-refractivity contribution in [1.82, 2.24) is 9.80 Å². The van der Waals surface area contributed by atoms with Gasteiger partial charge in [0.25, 0.3) is 0 Å². The molecule has 2 rings (SSSR count). The minimum Gasteiger partial charge on any atom is -0.399 e. The minimum absolute atomic E-state index is 0.299. The first kappa shape index (κ1) is 13.4. The first-order chi connectivity index (χ1) is 8.45. The van der Waals surface area contributed by atoms with E-state index in [-0.39, 0.29) is 0 Å². The summed E-state index contributed by atoms with van der Waals surface area (Å²) in [6.45, 7) is 12.6. The van der Waals surface area contributed by atoms with Crippen LogP contribution in [-0.2, 0) is 6.54 Å². The van der Waals surface area contributed by atoms with Gasteiger partial charge in [-0.1, -0.05) is 12.1 Å². The van der Waals surface area contributed by atoms with Gasteiger partial charge in [-0.15, -0.1) is 0 Å². The van der Waals surface area contributed by atoms with Crippen molar-refractivity contribution in [3.63, 3.8) is 0 Å². The summed E-state index contributed by atoms with van der Waals surface area (Å²) in [5.41, 5.74) is 8.20. The Labute approximate surface area is 111 Å². The predicted molar refractivity (Wildman–Crippen MR) is 77.5 cm³/mol. The third kappa shape index (κ3) is 3.47. The third-order valence-corrected chi connectivity index (χ3v) is 3.71. The van der Waals surface area contributed by atoms with Crippen LogP contribution >= 0.6 is 0 Å². The van der Waals surface area contributed by atoms with Crippen molar-refractivity contribution in [3.8, 4) is 0 Å². The number of anilines is 1. The SMILES string of the molecule is CC(C)(C)N1CCN(Cc2ccc(N)cc2)CC1. The van der Waals surface area contributed by atoms with Crippen LogP contribution in [0.2, 0.25) is 0 Å². The summed E-state index contributed by atoms with van der Waals surface area (Å²) < 4.78 is 0. The highest BCUT2D eigenvalue weighted by molar-refractivity contribution is 5.39. The van der Waals surface area contributed by atoms with E-state index >= 15 is 0 Å². The third-order valence-electron chi connectivity index (χ3n) is 3.71. The smallest absolute Gasteiger partial charge is 0.0314 e. The maximum absolute atomic E-state index is 5.71. The molecule has 0 unspecified atom stereocenters. The number of rotatable bonds is 2. The number of piperazine rings is 1. The number of nitrogens with zero attached hydrogens (tertiary/aromatic N) is 2. The van der Waals surface area contributed by atoms with E-state index in [1.807, 2.05) is 12.1 Å². The molecule has 0 aliphatic carbocycles. The Morgan fingerprint density at radius 1 is 1.00 bits per heavy atom. The lowest BCUT2D eigenvalue weighted by Gasteiger charge is -2.42. The summed E-state index contributed by atoms with van der Waals surface area (Å²) in [5, 5.41) is 0. The van der Waals surface area contributed by atoms with Gasteiger partial charge in [0.1, 0.15) is 0 Å². The first-order valence-electron chi connectivity index (χ1n) is 6.77. The van der Waals surface area contributed by atoms with Crippen molar-refractivity contribution in [2.75, 3.05) is 31.9 Å². The molecule has 1 aliphatic heterocycles. The van der Waals surface area contributed by atoms with Gasteiger partial charge < -0.3 is 5.73 Å². The molecular formula is C15H25N3. The van der Waals surface area contributed by atoms with E-state index in [1.54, 1.807) is 0 Å². The molecule has 0 atom stereocenters. The van der Waals surface area contributed by atoms with Crippen LogP contribution in [0.15, 0.2) is 24.3 Å². The van der Waals surface area contributed by atoms with Gasteiger partial charge in [0, 0.05) is 44.0 Å². The summed E-state index contributed by atoms with van der Waals surface area (Å²) in [6.07, 6.45) is 0. The Morgan fingerprint density at radius 3 is 2.06 bits per heavy atom. The van der Waals surface area contributed by atoms with Crippen molar-refractivity contribution in [2.45, 2.75) is 32.9 Å². The van der Waals surface area contributed by atoms with E-state index in [0.29, 0.717) is 5.54 Å². The zero-order valence-electron chi connectivity index (χ0n) is 11.8. The normalized spacial score (nSPS) is 19.1. The van der Waals surface area contributed by atoms with E-state index in [0.717, 1.165) is 25.3 Å². The number of hydrogen-bond acceptors (Lipinski definition) is 3. The Kier molecular flexibility index (Phi) is 3.93. The number of benzene rings is 1. The predicted octanol–water partition coefficient (Wildman–Crippen LogP) is 2.18. The van der Waals surface area contributed by atoms with Gasteiger partial charge >= 0.3 is 0 Å². The van der Waals surface area contributed by atoms with Crippen LogP contribution in [0, 0.1) is 0 Å². The Bertz CT molecular complexity index is 370.